The summed E-state index contributed by atoms with van der Waals surface area (Å²) >= 11 is 0. The molecule has 188 valence electrons. The van der Waals surface area contributed by atoms with E-state index < -0.39 is 15.9 Å². The molecule has 3 rings (SSSR count). The van der Waals surface area contributed by atoms with Gasteiger partial charge in [0.25, 0.3) is 5.91 Å². The summed E-state index contributed by atoms with van der Waals surface area (Å²) in [7, 11) is -2.38. The van der Waals surface area contributed by atoms with Gasteiger partial charge in [0.2, 0.25) is 10.0 Å². The number of carbonyl (C=O) groups is 1. The molecular weight excluding hydrogens is 454 g/mol. The molecule has 0 radical (unpaired) electrons. The molecule has 0 saturated carbocycles. The molecule has 1 N–H and O–H groups in total. The van der Waals surface area contributed by atoms with Crippen LogP contribution in [-0.4, -0.2) is 73.1 Å². The first-order chi connectivity index (χ1) is 16.2. The number of likely N-dealkylation sites (N-methyl/N-ethyl adjacent to an activating group) is 1. The maximum Gasteiger partial charge on any atom is 0.255 e. The molecule has 1 aliphatic heterocycles. The molecule has 1 aliphatic rings. The van der Waals surface area contributed by atoms with Gasteiger partial charge in [0.05, 0.1) is 25.5 Å². The van der Waals surface area contributed by atoms with Crippen molar-refractivity contribution in [2.24, 2.45) is 11.8 Å². The smallest absolute Gasteiger partial charge is 0.255 e. The number of hydrogen-bond donors (Lipinski definition) is 1. The van der Waals surface area contributed by atoms with Crippen LogP contribution in [0, 0.1) is 11.8 Å². The number of carbonyl (C=O) groups excluding carboxylic acids is 1. The highest BCUT2D eigenvalue weighted by molar-refractivity contribution is 7.89. The van der Waals surface area contributed by atoms with Gasteiger partial charge in [-0.25, -0.2) is 8.42 Å². The number of benzene rings is 1. The van der Waals surface area contributed by atoms with Gasteiger partial charge < -0.3 is 15.0 Å². The van der Waals surface area contributed by atoms with E-state index in [1.807, 2.05) is 0 Å². The van der Waals surface area contributed by atoms with Crippen LogP contribution in [0.1, 0.15) is 44.5 Å². The summed E-state index contributed by atoms with van der Waals surface area (Å²) in [5, 5.41) is 7.13. The van der Waals surface area contributed by atoms with Crippen molar-refractivity contribution in [3.63, 3.8) is 0 Å². The fraction of sp³-hybridized carbons (Fsp3) is 0.583. The maximum absolute atomic E-state index is 13.5. The molecule has 1 aromatic carbocycles. The van der Waals surface area contributed by atoms with Crippen LogP contribution in [0.5, 0.6) is 5.75 Å². The van der Waals surface area contributed by atoms with E-state index >= 15 is 0 Å². The standard InChI is InChI=1S/C24H37N5O4S/c1-6-27(7-2)10-11-28-17-21(14-25-28)26-24(30)20-8-9-22(33-5)23(13-20)34(31,32)29-15-18(3)12-19(4)16-29/h8-9,13-14,17-19H,6-7,10-12,15-16H2,1-5H3,(H,26,30). The van der Waals surface area contributed by atoms with Gasteiger partial charge in [-0.15, -0.1) is 0 Å². The molecule has 1 saturated heterocycles. The van der Waals surface area contributed by atoms with Gasteiger partial charge in [0, 0.05) is 31.4 Å². The summed E-state index contributed by atoms with van der Waals surface area (Å²) in [4.78, 5) is 15.2. The zero-order chi connectivity index (χ0) is 24.9. The highest BCUT2D eigenvalue weighted by atomic mass is 32.2. The molecule has 1 amide bonds. The number of sulfonamides is 1. The van der Waals surface area contributed by atoms with E-state index in [0.717, 1.165) is 32.6 Å². The molecule has 2 aromatic rings. The monoisotopic (exact) mass is 491 g/mol. The van der Waals surface area contributed by atoms with E-state index in [1.54, 1.807) is 23.1 Å². The van der Waals surface area contributed by atoms with Crippen molar-refractivity contribution in [3.8, 4) is 5.75 Å². The number of ether oxygens (including phenoxy) is 1. The average Bonchev–Trinajstić information content (AvgIpc) is 3.25. The van der Waals surface area contributed by atoms with E-state index in [4.69, 9.17) is 4.74 Å². The van der Waals surface area contributed by atoms with E-state index in [-0.39, 0.29) is 28.0 Å². The maximum atomic E-state index is 13.5. The van der Waals surface area contributed by atoms with Crippen molar-refractivity contribution in [1.29, 1.82) is 0 Å². The molecule has 0 aliphatic carbocycles. The Balaban J connectivity index is 1.77. The average molecular weight is 492 g/mol. The summed E-state index contributed by atoms with van der Waals surface area (Å²) in [6.07, 6.45) is 4.37. The van der Waals surface area contributed by atoms with Crippen LogP contribution in [0.4, 0.5) is 5.69 Å². The van der Waals surface area contributed by atoms with Crippen LogP contribution in [-0.2, 0) is 16.6 Å². The number of nitrogens with one attached hydrogen (secondary N) is 1. The van der Waals surface area contributed by atoms with E-state index in [1.165, 1.54) is 23.5 Å². The quantitative estimate of drug-likeness (QED) is 0.548. The number of hydrogen-bond acceptors (Lipinski definition) is 6. The van der Waals surface area contributed by atoms with Gasteiger partial charge in [-0.2, -0.15) is 9.40 Å². The minimum Gasteiger partial charge on any atom is -0.495 e. The zero-order valence-corrected chi connectivity index (χ0v) is 21.6. The Labute approximate surface area is 203 Å². The van der Waals surface area contributed by atoms with Crippen molar-refractivity contribution >= 4 is 21.6 Å². The van der Waals surface area contributed by atoms with Crippen LogP contribution in [0.3, 0.4) is 0 Å². The number of anilines is 1. The van der Waals surface area contributed by atoms with Crippen molar-refractivity contribution in [2.45, 2.75) is 45.6 Å². The highest BCUT2D eigenvalue weighted by Gasteiger charge is 2.34. The lowest BCUT2D eigenvalue weighted by atomic mass is 9.94. The third kappa shape index (κ3) is 6.17. The van der Waals surface area contributed by atoms with Gasteiger partial charge in [-0.3, -0.25) is 9.48 Å². The normalized spacial score (nSPS) is 19.4. The van der Waals surface area contributed by atoms with Crippen LogP contribution < -0.4 is 10.1 Å². The SMILES string of the molecule is CCN(CC)CCn1cc(NC(=O)c2ccc(OC)c(S(=O)(=O)N3CC(C)CC(C)C3)c2)cn1. The predicted octanol–water partition coefficient (Wildman–Crippen LogP) is 3.15. The van der Waals surface area contributed by atoms with E-state index in [0.29, 0.717) is 18.8 Å². The Morgan fingerprint density at radius 3 is 2.50 bits per heavy atom. The number of piperidine rings is 1. The van der Waals surface area contributed by atoms with E-state index in [9.17, 15) is 13.2 Å². The van der Waals surface area contributed by atoms with Crippen molar-refractivity contribution < 1.29 is 17.9 Å². The van der Waals surface area contributed by atoms with Gasteiger partial charge in [-0.1, -0.05) is 27.7 Å². The van der Waals surface area contributed by atoms with Gasteiger partial charge >= 0.3 is 0 Å². The Kier molecular flexibility index (Phi) is 8.72. The minimum atomic E-state index is -3.81. The number of nitrogens with zero attached hydrogens (tertiary/aromatic N) is 4. The lowest BCUT2D eigenvalue weighted by Crippen LogP contribution is -2.42. The Hall–Kier alpha value is -2.43. The second kappa shape index (κ2) is 11.3. The topological polar surface area (TPSA) is 96.8 Å². The Morgan fingerprint density at radius 2 is 1.88 bits per heavy atom. The first kappa shape index (κ1) is 26.2. The van der Waals surface area contributed by atoms with Gasteiger partial charge in [-0.05, 0) is 49.5 Å². The third-order valence-corrected chi connectivity index (χ3v) is 8.16. The number of aromatic nitrogens is 2. The van der Waals surface area contributed by atoms with Crippen LogP contribution in [0.25, 0.3) is 0 Å². The van der Waals surface area contributed by atoms with Gasteiger partial charge in [0.15, 0.2) is 0 Å². The second-order valence-electron chi connectivity index (χ2n) is 9.11. The molecule has 2 heterocycles. The molecule has 0 spiro atoms. The third-order valence-electron chi connectivity index (χ3n) is 6.31. The molecule has 34 heavy (non-hydrogen) atoms. The predicted molar refractivity (Wildman–Crippen MR) is 133 cm³/mol. The largest absolute Gasteiger partial charge is 0.495 e. The first-order valence-electron chi connectivity index (χ1n) is 11.9. The highest BCUT2D eigenvalue weighted by Crippen LogP contribution is 2.32. The van der Waals surface area contributed by atoms with Crippen molar-refractivity contribution in [2.75, 3.05) is 45.2 Å². The Bertz CT molecular complexity index is 1070. The number of rotatable bonds is 10. The van der Waals surface area contributed by atoms with Crippen molar-refractivity contribution in [1.82, 2.24) is 19.0 Å². The second-order valence-corrected chi connectivity index (χ2v) is 11.0. The van der Waals surface area contributed by atoms with Crippen LogP contribution in [0.2, 0.25) is 0 Å². The van der Waals surface area contributed by atoms with E-state index in [2.05, 4.69) is 43.0 Å². The fourth-order valence-corrected chi connectivity index (χ4v) is 6.36. The van der Waals surface area contributed by atoms with Crippen LogP contribution >= 0.6 is 0 Å². The molecular formula is C24H37N5O4S. The van der Waals surface area contributed by atoms with Gasteiger partial charge in [0.1, 0.15) is 10.6 Å². The lowest BCUT2D eigenvalue weighted by molar-refractivity contribution is 0.102. The molecule has 2 atom stereocenters. The number of methoxy groups -OCH3 is 1. The molecule has 9 nitrogen and oxygen atoms in total. The summed E-state index contributed by atoms with van der Waals surface area (Å²) in [6, 6.07) is 4.50. The first-order valence-corrected chi connectivity index (χ1v) is 13.4. The summed E-state index contributed by atoms with van der Waals surface area (Å²) in [6.45, 7) is 12.8. The van der Waals surface area contributed by atoms with Crippen LogP contribution in [0.15, 0.2) is 35.5 Å². The Morgan fingerprint density at radius 1 is 1.21 bits per heavy atom. The number of amides is 1. The summed E-state index contributed by atoms with van der Waals surface area (Å²) in [5.41, 5.74) is 0.803. The molecule has 1 aromatic heterocycles. The molecule has 10 heteroatoms. The molecule has 2 unspecified atom stereocenters. The minimum absolute atomic E-state index is 0.0128. The zero-order valence-electron chi connectivity index (χ0n) is 20.8. The molecule has 0 bridgehead atoms. The summed E-state index contributed by atoms with van der Waals surface area (Å²) < 4.78 is 35.6. The van der Waals surface area contributed by atoms with Crippen molar-refractivity contribution in [3.05, 3.63) is 36.2 Å². The summed E-state index contributed by atoms with van der Waals surface area (Å²) in [5.74, 6) is 0.373. The lowest BCUT2D eigenvalue weighted by Gasteiger charge is -2.34. The fourth-order valence-electron chi connectivity index (χ4n) is 4.50. The molecule has 1 fully saturated rings.